The second kappa shape index (κ2) is 28.1. The van der Waals surface area contributed by atoms with E-state index < -0.39 is 36.7 Å². The molecule has 392 valence electrons. The van der Waals surface area contributed by atoms with E-state index in [0.29, 0.717) is 56.8 Å². The van der Waals surface area contributed by atoms with Gasteiger partial charge in [-0.3, -0.25) is 9.59 Å². The van der Waals surface area contributed by atoms with Crippen molar-refractivity contribution in [1.29, 1.82) is 0 Å². The van der Waals surface area contributed by atoms with Gasteiger partial charge in [-0.1, -0.05) is 49.6 Å². The van der Waals surface area contributed by atoms with Crippen LogP contribution >= 0.6 is 22.7 Å². The predicted octanol–water partition coefficient (Wildman–Crippen LogP) is 3.26. The van der Waals surface area contributed by atoms with Crippen molar-refractivity contribution in [3.05, 3.63) is 145 Å². The maximum Gasteiger partial charge on any atom is 1.00 e. The third-order valence-corrected chi connectivity index (χ3v) is 14.0. The van der Waals surface area contributed by atoms with Gasteiger partial charge in [0.05, 0.1) is 68.8 Å². The van der Waals surface area contributed by atoms with Crippen LogP contribution in [0.4, 0.5) is 0 Å². The number of ketones is 2. The van der Waals surface area contributed by atoms with Gasteiger partial charge in [0.15, 0.2) is 34.6 Å². The molecule has 0 unspecified atom stereocenters. The van der Waals surface area contributed by atoms with E-state index in [2.05, 4.69) is 13.2 Å². The fraction of sp³-hybridized carbons (Fsp3) is 0.172. The molecule has 0 aliphatic carbocycles. The number of carboxylic acids is 2. The van der Waals surface area contributed by atoms with Crippen LogP contribution in [0.2, 0.25) is 0 Å². The molecule has 0 N–H and O–H groups in total. The number of fused-ring (bicyclic) bond motifs is 2. The number of allylic oxidation sites excluding steroid dienone is 2. The number of hydrogen-bond donors (Lipinski definition) is 0. The van der Waals surface area contributed by atoms with Crippen molar-refractivity contribution in [2.24, 2.45) is 0 Å². The summed E-state index contributed by atoms with van der Waals surface area (Å²) in [7, 11) is 11.7. The van der Waals surface area contributed by atoms with E-state index in [9.17, 15) is 29.4 Å². The summed E-state index contributed by atoms with van der Waals surface area (Å²) in [6, 6.07) is 32.3. The van der Waals surface area contributed by atoms with Crippen molar-refractivity contribution in [1.82, 2.24) is 0 Å². The minimum absolute atomic E-state index is 0. The molecule has 0 amide bonds. The number of ether oxygens (including phenoxy) is 10. The standard InChI is InChI=1S/2C29H26O8S.2Na/c2*1-16(28(32)18-10-23(34-3)29(36-5)24(11-18)35-4)19-13-20(22(14-21(19)33-2)37-15-27(30)31)26-12-17-8-6-7-9-25(17)38-26;;/h2*6-14H,1,15H2,2-5H3,(H,30,31);;/q;;2*+1/p-2. The number of thiophene rings is 2. The molecule has 0 spiro atoms. The van der Waals surface area contributed by atoms with Crippen LogP contribution in [0.5, 0.6) is 57.5 Å². The van der Waals surface area contributed by atoms with Gasteiger partial charge in [-0.25, -0.2) is 0 Å². The minimum atomic E-state index is -1.36. The first kappa shape index (κ1) is 61.8. The number of hydrogen-bond acceptors (Lipinski definition) is 18. The largest absolute Gasteiger partial charge is 1.00 e. The summed E-state index contributed by atoms with van der Waals surface area (Å²) < 4.78 is 56.6. The Balaban J connectivity index is 0.000000280. The van der Waals surface area contributed by atoms with Crippen molar-refractivity contribution in [2.75, 3.05) is 70.1 Å². The fourth-order valence-corrected chi connectivity index (χ4v) is 10.2. The second-order valence-electron chi connectivity index (χ2n) is 16.2. The summed E-state index contributed by atoms with van der Waals surface area (Å²) in [6.45, 7) is 6.83. The van der Waals surface area contributed by atoms with Gasteiger partial charge in [0.1, 0.15) is 36.2 Å². The molecule has 0 atom stereocenters. The van der Waals surface area contributed by atoms with E-state index >= 15 is 0 Å². The van der Waals surface area contributed by atoms with Gasteiger partial charge in [0.2, 0.25) is 11.5 Å². The molecule has 0 fully saturated rings. The van der Waals surface area contributed by atoms with Gasteiger partial charge in [0.25, 0.3) is 0 Å². The van der Waals surface area contributed by atoms with Crippen LogP contribution < -0.4 is 117 Å². The maximum absolute atomic E-state index is 13.6. The number of carboxylic acid groups (broad SMARTS) is 2. The number of Topliss-reactive ketones (excluding diaryl/α,β-unsaturated/α-hetero) is 2. The van der Waals surface area contributed by atoms with Crippen LogP contribution in [-0.2, 0) is 9.59 Å². The van der Waals surface area contributed by atoms with Crippen molar-refractivity contribution < 1.29 is 136 Å². The normalized spacial score (nSPS) is 10.4. The monoisotopic (exact) mass is 1110 g/mol. The molecular weight excluding hydrogens is 1060 g/mol. The van der Waals surface area contributed by atoms with Gasteiger partial charge in [-0.2, -0.15) is 0 Å². The molecule has 0 radical (unpaired) electrons. The average Bonchev–Trinajstić information content (AvgIpc) is 4.11. The number of methoxy groups -OCH3 is 8. The molecule has 2 aromatic heterocycles. The van der Waals surface area contributed by atoms with E-state index in [4.69, 9.17) is 47.4 Å². The Bertz CT molecular complexity index is 3200. The van der Waals surface area contributed by atoms with Gasteiger partial charge < -0.3 is 67.2 Å². The smallest absolute Gasteiger partial charge is 0.546 e. The molecule has 8 rings (SSSR count). The minimum Gasteiger partial charge on any atom is -0.546 e. The zero-order valence-electron chi connectivity index (χ0n) is 44.6. The molecule has 6 aromatic carbocycles. The third-order valence-electron chi connectivity index (χ3n) is 11.7. The molecule has 0 saturated carbocycles. The number of carbonyl (C=O) groups is 4. The van der Waals surface area contributed by atoms with Gasteiger partial charge in [0, 0.05) is 75.8 Å². The van der Waals surface area contributed by atoms with Crippen LogP contribution in [-0.4, -0.2) is 93.6 Å². The SMILES string of the molecule is C=C(C(=O)c1cc(OC)c(OC)c(OC)c1)c1cc(-c2cc3ccccc3s2)c(OCC(=O)[O-])cc1OC.C=C(C(=O)c1cc(OC)c(OC)c(OC)c1)c1cc(-c2cc3ccccc3s2)c(OCC(=O)[O-])cc1OC.[Na+].[Na+]. The first-order valence-electron chi connectivity index (χ1n) is 22.8. The van der Waals surface area contributed by atoms with Crippen molar-refractivity contribution in [2.45, 2.75) is 0 Å². The van der Waals surface area contributed by atoms with E-state index in [1.165, 1.54) is 79.6 Å². The Morgan fingerprint density at radius 1 is 0.423 bits per heavy atom. The molecule has 0 aliphatic heterocycles. The van der Waals surface area contributed by atoms with E-state index in [1.807, 2.05) is 60.7 Å². The van der Waals surface area contributed by atoms with Crippen molar-refractivity contribution in [3.8, 4) is 78.4 Å². The number of carbonyl (C=O) groups excluding carboxylic acids is 4. The molecule has 8 aromatic rings. The summed E-state index contributed by atoms with van der Waals surface area (Å²) in [6.07, 6.45) is 0. The van der Waals surface area contributed by atoms with Crippen LogP contribution in [0, 0.1) is 0 Å². The van der Waals surface area contributed by atoms with Crippen LogP contribution in [0.25, 0.3) is 52.2 Å². The van der Waals surface area contributed by atoms with E-state index in [1.54, 1.807) is 48.5 Å². The van der Waals surface area contributed by atoms with Gasteiger partial charge in [-0.15, -0.1) is 22.7 Å². The van der Waals surface area contributed by atoms with E-state index in [-0.39, 0.29) is 104 Å². The first-order valence-corrected chi connectivity index (χ1v) is 24.4. The number of aliphatic carboxylic acids is 2. The molecule has 0 bridgehead atoms. The number of rotatable bonds is 22. The van der Waals surface area contributed by atoms with Gasteiger partial charge in [-0.05, 0) is 71.4 Å². The quantitative estimate of drug-likeness (QED) is 0.0543. The van der Waals surface area contributed by atoms with Gasteiger partial charge >= 0.3 is 59.1 Å². The van der Waals surface area contributed by atoms with Crippen LogP contribution in [0.3, 0.4) is 0 Å². The topological polar surface area (TPSA) is 207 Å². The Labute approximate surface area is 502 Å². The summed E-state index contributed by atoms with van der Waals surface area (Å²) in [5, 5.41) is 24.3. The van der Waals surface area contributed by atoms with Crippen molar-refractivity contribution in [3.63, 3.8) is 0 Å². The Kier molecular flexibility index (Phi) is 22.2. The fourth-order valence-electron chi connectivity index (χ4n) is 8.08. The molecule has 16 nitrogen and oxygen atoms in total. The average molecular weight is 1110 g/mol. The second-order valence-corrected chi connectivity index (χ2v) is 18.3. The maximum atomic E-state index is 13.6. The molecule has 0 aliphatic rings. The Morgan fingerprint density at radius 2 is 0.744 bits per heavy atom. The zero-order chi connectivity index (χ0) is 54.8. The zero-order valence-corrected chi connectivity index (χ0v) is 50.2. The molecule has 0 saturated heterocycles. The predicted molar refractivity (Wildman–Crippen MR) is 288 cm³/mol. The van der Waals surface area contributed by atoms with Crippen LogP contribution in [0.1, 0.15) is 31.8 Å². The van der Waals surface area contributed by atoms with E-state index in [0.717, 1.165) is 29.9 Å². The Hall–Kier alpha value is -7.00. The molecule has 20 heteroatoms. The molecule has 78 heavy (non-hydrogen) atoms. The van der Waals surface area contributed by atoms with Crippen LogP contribution in [0.15, 0.2) is 122 Å². The molecule has 2 heterocycles. The summed E-state index contributed by atoms with van der Waals surface area (Å²) >= 11 is 3.01. The summed E-state index contributed by atoms with van der Waals surface area (Å²) in [5.41, 5.74) is 2.83. The first-order chi connectivity index (χ1) is 36.6. The third kappa shape index (κ3) is 13.6. The Morgan fingerprint density at radius 3 is 1.03 bits per heavy atom. The number of benzene rings is 6. The summed E-state index contributed by atoms with van der Waals surface area (Å²) in [4.78, 5) is 51.1. The van der Waals surface area contributed by atoms with Crippen molar-refractivity contribution >= 4 is 77.5 Å². The summed E-state index contributed by atoms with van der Waals surface area (Å²) in [5.74, 6) is -0.381. The molecular formula is C58H50Na2O16S2.